The Hall–Kier alpha value is -3.02. The molecule has 0 spiro atoms. The topological polar surface area (TPSA) is 111 Å². The highest BCUT2D eigenvalue weighted by Gasteiger charge is 2.33. The predicted molar refractivity (Wildman–Crippen MR) is 127 cm³/mol. The summed E-state index contributed by atoms with van der Waals surface area (Å²) in [4.78, 5) is 13.0. The fraction of sp³-hybridized carbons (Fsp3) is 0.348. The minimum Gasteiger partial charge on any atom is -0.454 e. The monoisotopic (exact) mass is 500 g/mol. The van der Waals surface area contributed by atoms with E-state index in [-0.39, 0.29) is 23.6 Å². The second-order valence-corrected chi connectivity index (χ2v) is 11.1. The molecule has 11 heteroatoms. The smallest absolute Gasteiger partial charge is 0.286 e. The molecule has 0 aliphatic carbocycles. The number of piperidine rings is 1. The molecule has 1 amide bonds. The van der Waals surface area contributed by atoms with Crippen molar-refractivity contribution >= 4 is 33.0 Å². The minimum atomic E-state index is -3.59. The fourth-order valence-corrected chi connectivity index (χ4v) is 6.45. The average molecular weight is 501 g/mol. The van der Waals surface area contributed by atoms with Crippen LogP contribution in [-0.4, -0.2) is 48.7 Å². The third kappa shape index (κ3) is 4.50. The zero-order valence-corrected chi connectivity index (χ0v) is 20.2. The van der Waals surface area contributed by atoms with Gasteiger partial charge in [-0.3, -0.25) is 4.79 Å². The quantitative estimate of drug-likeness (QED) is 0.550. The summed E-state index contributed by atoms with van der Waals surface area (Å²) in [6.07, 6.45) is 2.36. The number of aryl methyl sites for hydroxylation is 1. The molecule has 5 rings (SSSR count). The van der Waals surface area contributed by atoms with Crippen LogP contribution < -0.4 is 14.8 Å². The molecule has 2 aliphatic rings. The van der Waals surface area contributed by atoms with Crippen LogP contribution in [0.1, 0.15) is 46.1 Å². The Morgan fingerprint density at radius 3 is 2.74 bits per heavy atom. The van der Waals surface area contributed by atoms with Crippen molar-refractivity contribution in [3.05, 3.63) is 58.0 Å². The van der Waals surface area contributed by atoms with E-state index in [4.69, 9.17) is 9.47 Å². The van der Waals surface area contributed by atoms with Crippen molar-refractivity contribution in [2.75, 3.05) is 25.2 Å². The number of sulfonamides is 1. The Labute approximate surface area is 201 Å². The van der Waals surface area contributed by atoms with Crippen LogP contribution in [0.15, 0.2) is 47.4 Å². The van der Waals surface area contributed by atoms with Crippen LogP contribution >= 0.6 is 11.3 Å². The maximum absolute atomic E-state index is 13.2. The molecule has 1 saturated heterocycles. The lowest BCUT2D eigenvalue weighted by Crippen LogP contribution is -2.39. The van der Waals surface area contributed by atoms with Gasteiger partial charge in [0, 0.05) is 30.8 Å². The first-order chi connectivity index (χ1) is 16.4. The summed E-state index contributed by atoms with van der Waals surface area (Å²) in [7, 11) is -3.59. The van der Waals surface area contributed by atoms with Gasteiger partial charge >= 0.3 is 0 Å². The van der Waals surface area contributed by atoms with Crippen molar-refractivity contribution in [1.82, 2.24) is 14.5 Å². The molecule has 1 atom stereocenters. The van der Waals surface area contributed by atoms with Crippen LogP contribution in [0.2, 0.25) is 0 Å². The van der Waals surface area contributed by atoms with Crippen molar-refractivity contribution in [1.29, 1.82) is 0 Å². The summed E-state index contributed by atoms with van der Waals surface area (Å²) in [6, 6.07) is 12.2. The third-order valence-electron chi connectivity index (χ3n) is 5.97. The highest BCUT2D eigenvalue weighted by Crippen LogP contribution is 2.35. The number of carbonyl (C=O) groups excluding carboxylic acids is 1. The van der Waals surface area contributed by atoms with Gasteiger partial charge in [0.05, 0.1) is 4.90 Å². The lowest BCUT2D eigenvalue weighted by Gasteiger charge is -2.30. The predicted octanol–water partition coefficient (Wildman–Crippen LogP) is 3.65. The van der Waals surface area contributed by atoms with E-state index >= 15 is 0 Å². The molecule has 9 nitrogen and oxygen atoms in total. The zero-order chi connectivity index (χ0) is 23.7. The Balaban J connectivity index is 1.27. The fourth-order valence-electron chi connectivity index (χ4n) is 4.06. The number of hydrogen-bond acceptors (Lipinski definition) is 8. The van der Waals surface area contributed by atoms with Gasteiger partial charge in [0.25, 0.3) is 5.91 Å². The molecule has 1 unspecified atom stereocenters. The normalized spacial score (nSPS) is 18.1. The van der Waals surface area contributed by atoms with Gasteiger partial charge in [-0.2, -0.15) is 4.31 Å². The minimum absolute atomic E-state index is 0.108. The average Bonchev–Trinajstić information content (AvgIpc) is 3.54. The molecule has 178 valence electrons. The van der Waals surface area contributed by atoms with Crippen LogP contribution in [0, 0.1) is 0 Å². The largest absolute Gasteiger partial charge is 0.454 e. The Kier molecular flexibility index (Phi) is 6.24. The lowest BCUT2D eigenvalue weighted by molar-refractivity contribution is 0.102. The number of amides is 1. The summed E-state index contributed by atoms with van der Waals surface area (Å²) in [5.74, 6) is 0.722. The summed E-state index contributed by atoms with van der Waals surface area (Å²) in [5, 5.41) is 12.0. The number of anilines is 1. The van der Waals surface area contributed by atoms with Crippen molar-refractivity contribution in [3.63, 3.8) is 0 Å². The molecule has 3 aromatic rings. The van der Waals surface area contributed by atoms with E-state index in [1.54, 1.807) is 30.3 Å². The molecule has 2 aliphatic heterocycles. The maximum Gasteiger partial charge on any atom is 0.286 e. The van der Waals surface area contributed by atoms with Crippen molar-refractivity contribution in [2.24, 2.45) is 0 Å². The molecule has 2 aromatic carbocycles. The number of nitrogens with one attached hydrogen (secondary N) is 1. The third-order valence-corrected chi connectivity index (χ3v) is 8.93. The van der Waals surface area contributed by atoms with Crippen LogP contribution in [0.3, 0.4) is 0 Å². The maximum atomic E-state index is 13.2. The molecule has 0 radical (unpaired) electrons. The number of carbonyl (C=O) groups is 1. The molecule has 3 heterocycles. The summed E-state index contributed by atoms with van der Waals surface area (Å²) < 4.78 is 38.5. The number of rotatable bonds is 6. The molecule has 1 aromatic heterocycles. The number of benzene rings is 2. The number of nitrogens with zero attached hydrogens (tertiary/aromatic N) is 3. The van der Waals surface area contributed by atoms with E-state index in [0.717, 1.165) is 24.8 Å². The number of fused-ring (bicyclic) bond motifs is 1. The molecule has 0 bridgehead atoms. The first-order valence-electron chi connectivity index (χ1n) is 11.1. The molecular weight excluding hydrogens is 476 g/mol. The molecule has 0 saturated carbocycles. The lowest BCUT2D eigenvalue weighted by atomic mass is 10.0. The Morgan fingerprint density at radius 2 is 1.94 bits per heavy atom. The van der Waals surface area contributed by atoms with Crippen LogP contribution in [0.25, 0.3) is 0 Å². The molecule has 1 fully saturated rings. The summed E-state index contributed by atoms with van der Waals surface area (Å²) in [5.41, 5.74) is 1.66. The van der Waals surface area contributed by atoms with Gasteiger partial charge in [-0.1, -0.05) is 30.4 Å². The molecule has 1 N–H and O–H groups in total. The van der Waals surface area contributed by atoms with Gasteiger partial charge in [0.15, 0.2) is 11.5 Å². The number of aromatic nitrogens is 2. The van der Waals surface area contributed by atoms with E-state index in [1.165, 1.54) is 15.6 Å². The van der Waals surface area contributed by atoms with Gasteiger partial charge < -0.3 is 14.8 Å². The first kappa shape index (κ1) is 22.8. The Morgan fingerprint density at radius 1 is 1.15 bits per heavy atom. The molecular formula is C23H24N4O5S2. The number of hydrogen-bond donors (Lipinski definition) is 1. The van der Waals surface area contributed by atoms with E-state index in [9.17, 15) is 13.2 Å². The van der Waals surface area contributed by atoms with Crippen LogP contribution in [-0.2, 0) is 16.4 Å². The SMILES string of the molecule is CCc1ccc(S(=O)(=O)N2CCCC(c3nnc(C(=O)Nc4ccc5c(c4)OCO5)s3)C2)cc1. The number of ether oxygens (including phenoxy) is 2. The summed E-state index contributed by atoms with van der Waals surface area (Å²) >= 11 is 1.19. The van der Waals surface area contributed by atoms with Gasteiger partial charge in [0.2, 0.25) is 21.8 Å². The van der Waals surface area contributed by atoms with Gasteiger partial charge in [-0.05, 0) is 49.1 Å². The highest BCUT2D eigenvalue weighted by atomic mass is 32.2. The first-order valence-corrected chi connectivity index (χ1v) is 13.3. The van der Waals surface area contributed by atoms with Crippen LogP contribution in [0.4, 0.5) is 5.69 Å². The van der Waals surface area contributed by atoms with E-state index in [1.807, 2.05) is 19.1 Å². The van der Waals surface area contributed by atoms with E-state index in [0.29, 0.717) is 40.2 Å². The molecule has 34 heavy (non-hydrogen) atoms. The highest BCUT2D eigenvalue weighted by molar-refractivity contribution is 7.89. The standard InChI is InChI=1S/C23H24N4O5S2/c1-2-15-5-8-18(9-6-15)34(29,30)27-11-3-4-16(13-27)22-25-26-23(33-22)21(28)24-17-7-10-19-20(12-17)32-14-31-19/h5-10,12,16H,2-4,11,13-14H2,1H3,(H,24,28). The van der Waals surface area contributed by atoms with Crippen molar-refractivity contribution < 1.29 is 22.7 Å². The Bertz CT molecular complexity index is 1310. The van der Waals surface area contributed by atoms with Crippen molar-refractivity contribution in [3.8, 4) is 11.5 Å². The van der Waals surface area contributed by atoms with E-state index in [2.05, 4.69) is 15.5 Å². The van der Waals surface area contributed by atoms with Crippen LogP contribution in [0.5, 0.6) is 11.5 Å². The van der Waals surface area contributed by atoms with E-state index < -0.39 is 10.0 Å². The summed E-state index contributed by atoms with van der Waals surface area (Å²) in [6.45, 7) is 2.97. The second-order valence-electron chi connectivity index (χ2n) is 8.17. The zero-order valence-electron chi connectivity index (χ0n) is 18.6. The van der Waals surface area contributed by atoms with Gasteiger partial charge in [-0.15, -0.1) is 10.2 Å². The second kappa shape index (κ2) is 9.32. The van der Waals surface area contributed by atoms with Gasteiger partial charge in [0.1, 0.15) is 5.01 Å². The van der Waals surface area contributed by atoms with Gasteiger partial charge in [-0.25, -0.2) is 8.42 Å². The van der Waals surface area contributed by atoms with Crippen molar-refractivity contribution in [2.45, 2.75) is 37.0 Å².